The van der Waals surface area contributed by atoms with Gasteiger partial charge in [-0.25, -0.2) is 12.8 Å². The van der Waals surface area contributed by atoms with Crippen LogP contribution >= 0.6 is 11.6 Å². The van der Waals surface area contributed by atoms with Gasteiger partial charge < -0.3 is 9.31 Å². The Morgan fingerprint density at radius 1 is 1.11 bits per heavy atom. The van der Waals surface area contributed by atoms with Crippen molar-refractivity contribution < 1.29 is 22.1 Å². The largest absolute Gasteiger partial charge is 0.495 e. The van der Waals surface area contributed by atoms with Gasteiger partial charge in [-0.1, -0.05) is 11.6 Å². The highest BCUT2D eigenvalue weighted by atomic mass is 35.5. The molecule has 0 atom stereocenters. The number of anilines is 1. The van der Waals surface area contributed by atoms with E-state index in [0.29, 0.717) is 11.0 Å². The van der Waals surface area contributed by atoms with E-state index in [-0.39, 0.29) is 15.6 Å². The summed E-state index contributed by atoms with van der Waals surface area (Å²) < 4.78 is 53.9. The highest BCUT2D eigenvalue weighted by Crippen LogP contribution is 2.37. The Bertz CT molecular complexity index is 1010. The number of halogens is 2. The zero-order chi connectivity index (χ0) is 20.9. The summed E-state index contributed by atoms with van der Waals surface area (Å²) in [4.78, 5) is 3.59. The fourth-order valence-electron chi connectivity index (χ4n) is 2.73. The van der Waals surface area contributed by atoms with Gasteiger partial charge in [0, 0.05) is 12.4 Å². The summed E-state index contributed by atoms with van der Waals surface area (Å²) in [5.41, 5.74) is -0.240. The Kier molecular flexibility index (Phi) is 5.25. The number of nitrogens with one attached hydrogen (secondary N) is 1. The van der Waals surface area contributed by atoms with Crippen LogP contribution < -0.4 is 10.2 Å². The first-order valence-electron chi connectivity index (χ1n) is 8.61. The predicted molar refractivity (Wildman–Crippen MR) is 107 cm³/mol. The lowest BCUT2D eigenvalue weighted by Crippen LogP contribution is -2.41. The molecule has 1 aromatic heterocycles. The molecule has 0 radical (unpaired) electrons. The second-order valence-electron chi connectivity index (χ2n) is 7.72. The number of hydrogen-bond acceptors (Lipinski definition) is 5. The molecule has 0 amide bonds. The Balaban J connectivity index is 1.97. The topological polar surface area (TPSA) is 77.5 Å². The molecule has 28 heavy (non-hydrogen) atoms. The lowest BCUT2D eigenvalue weighted by molar-refractivity contribution is 0.00578. The van der Waals surface area contributed by atoms with Gasteiger partial charge >= 0.3 is 7.12 Å². The van der Waals surface area contributed by atoms with Crippen molar-refractivity contribution in [3.63, 3.8) is 0 Å². The van der Waals surface area contributed by atoms with Crippen LogP contribution in [0.3, 0.4) is 0 Å². The first kappa shape index (κ1) is 21.0. The molecule has 2 heterocycles. The summed E-state index contributed by atoms with van der Waals surface area (Å²) in [7, 11) is -4.82. The molecule has 3 rings (SSSR count). The fourth-order valence-corrected chi connectivity index (χ4v) is 4.02. The van der Waals surface area contributed by atoms with Gasteiger partial charge in [0.25, 0.3) is 10.0 Å². The molecule has 2 aromatic rings. The Morgan fingerprint density at radius 2 is 1.71 bits per heavy atom. The van der Waals surface area contributed by atoms with Gasteiger partial charge in [-0.2, -0.15) is 0 Å². The lowest BCUT2D eigenvalue weighted by atomic mass is 9.76. The molecule has 1 saturated heterocycles. The van der Waals surface area contributed by atoms with E-state index in [1.807, 2.05) is 27.7 Å². The zero-order valence-electron chi connectivity index (χ0n) is 16.2. The summed E-state index contributed by atoms with van der Waals surface area (Å²) in [6.45, 7) is 9.33. The summed E-state index contributed by atoms with van der Waals surface area (Å²) in [6.07, 6.45) is 2.44. The third-order valence-electron chi connectivity index (χ3n) is 5.10. The van der Waals surface area contributed by atoms with Crippen LogP contribution in [0.15, 0.2) is 35.5 Å². The molecule has 1 N–H and O–H groups in total. The molecule has 0 bridgehead atoms. The van der Waals surface area contributed by atoms with Crippen LogP contribution in [0, 0.1) is 12.7 Å². The van der Waals surface area contributed by atoms with E-state index in [2.05, 4.69) is 9.71 Å². The van der Waals surface area contributed by atoms with Gasteiger partial charge in [0.05, 0.1) is 21.9 Å². The van der Waals surface area contributed by atoms with Gasteiger partial charge in [0.2, 0.25) is 0 Å². The van der Waals surface area contributed by atoms with E-state index in [4.69, 9.17) is 20.9 Å². The van der Waals surface area contributed by atoms with Crippen LogP contribution in [0.4, 0.5) is 10.1 Å². The Morgan fingerprint density at radius 3 is 2.29 bits per heavy atom. The molecule has 0 spiro atoms. The van der Waals surface area contributed by atoms with Crippen molar-refractivity contribution >= 4 is 39.9 Å². The van der Waals surface area contributed by atoms with Crippen molar-refractivity contribution in [1.82, 2.24) is 4.98 Å². The van der Waals surface area contributed by atoms with Crippen molar-refractivity contribution in [2.45, 2.75) is 50.7 Å². The zero-order valence-corrected chi connectivity index (χ0v) is 17.8. The van der Waals surface area contributed by atoms with Crippen molar-refractivity contribution in [3.05, 3.63) is 47.0 Å². The van der Waals surface area contributed by atoms with Gasteiger partial charge in [-0.15, -0.1) is 0 Å². The lowest BCUT2D eigenvalue weighted by Gasteiger charge is -2.32. The first-order chi connectivity index (χ1) is 12.8. The summed E-state index contributed by atoms with van der Waals surface area (Å²) >= 11 is 5.81. The summed E-state index contributed by atoms with van der Waals surface area (Å²) in [6, 6.07) is 3.87. The molecular weight excluding hydrogens is 406 g/mol. The summed E-state index contributed by atoms with van der Waals surface area (Å²) in [5.74, 6) is -0.712. The number of hydrogen-bond donors (Lipinski definition) is 1. The van der Waals surface area contributed by atoms with Crippen LogP contribution in [0.25, 0.3) is 0 Å². The van der Waals surface area contributed by atoms with E-state index in [1.165, 1.54) is 24.4 Å². The third kappa shape index (κ3) is 3.89. The van der Waals surface area contributed by atoms with Crippen LogP contribution in [0.2, 0.25) is 5.02 Å². The molecule has 1 aromatic carbocycles. The van der Waals surface area contributed by atoms with Crippen molar-refractivity contribution in [2.75, 3.05) is 4.72 Å². The van der Waals surface area contributed by atoms with Crippen molar-refractivity contribution in [2.24, 2.45) is 0 Å². The van der Waals surface area contributed by atoms with E-state index < -0.39 is 34.2 Å². The van der Waals surface area contributed by atoms with E-state index in [9.17, 15) is 12.8 Å². The number of rotatable bonds is 4. The minimum Gasteiger partial charge on any atom is -0.399 e. The average Bonchev–Trinajstić information content (AvgIpc) is 2.77. The van der Waals surface area contributed by atoms with Crippen LogP contribution in [-0.2, 0) is 19.3 Å². The van der Waals surface area contributed by atoms with E-state index >= 15 is 0 Å². The third-order valence-corrected chi connectivity index (χ3v) is 6.64. The molecule has 10 heteroatoms. The van der Waals surface area contributed by atoms with Crippen LogP contribution in [-0.4, -0.2) is 31.7 Å². The Labute approximate surface area is 169 Å². The first-order valence-corrected chi connectivity index (χ1v) is 10.5. The summed E-state index contributed by atoms with van der Waals surface area (Å²) in [5, 5.41) is 0.158. The fraction of sp³-hybridized carbons (Fsp3) is 0.389. The maximum atomic E-state index is 14.5. The standard InChI is InChI=1S/C18H21BClFN2O4S/c1-11-6-15(21)16(23-28(24,25)13-7-12(20)9-22-10-13)8-14(11)19-26-17(2,3)18(4,5)27-19/h6-10,23H,1-5H3. The second kappa shape index (κ2) is 6.98. The molecule has 0 aliphatic carbocycles. The number of aryl methyl sites for hydroxylation is 1. The molecule has 0 unspecified atom stereocenters. The number of sulfonamides is 1. The molecule has 1 fully saturated rings. The second-order valence-corrected chi connectivity index (χ2v) is 9.84. The molecule has 6 nitrogen and oxygen atoms in total. The molecule has 150 valence electrons. The van der Waals surface area contributed by atoms with Gasteiger partial charge in [0.15, 0.2) is 0 Å². The molecule has 1 aliphatic heterocycles. The van der Waals surface area contributed by atoms with Gasteiger partial charge in [-0.3, -0.25) is 9.71 Å². The van der Waals surface area contributed by atoms with E-state index in [1.54, 1.807) is 6.92 Å². The molecular formula is C18H21BClFN2O4S. The molecule has 0 saturated carbocycles. The predicted octanol–water partition coefficient (Wildman–Crippen LogP) is 3.28. The Hall–Kier alpha value is -1.68. The number of pyridine rings is 1. The quantitative estimate of drug-likeness (QED) is 0.759. The monoisotopic (exact) mass is 426 g/mol. The molecule has 1 aliphatic rings. The number of nitrogens with zero attached hydrogens (tertiary/aromatic N) is 1. The smallest absolute Gasteiger partial charge is 0.399 e. The normalized spacial score (nSPS) is 18.3. The van der Waals surface area contributed by atoms with Crippen molar-refractivity contribution in [1.29, 1.82) is 0 Å². The van der Waals surface area contributed by atoms with E-state index in [0.717, 1.165) is 6.20 Å². The van der Waals surface area contributed by atoms with Crippen LogP contribution in [0.1, 0.15) is 33.3 Å². The highest BCUT2D eigenvalue weighted by molar-refractivity contribution is 7.92. The SMILES string of the molecule is Cc1cc(F)c(NS(=O)(=O)c2cncc(Cl)c2)cc1B1OC(C)(C)C(C)(C)O1. The maximum absolute atomic E-state index is 14.5. The highest BCUT2D eigenvalue weighted by Gasteiger charge is 2.52. The average molecular weight is 427 g/mol. The minimum atomic E-state index is -4.08. The van der Waals surface area contributed by atoms with Gasteiger partial charge in [-0.05, 0) is 63.8 Å². The number of aromatic nitrogens is 1. The van der Waals surface area contributed by atoms with Gasteiger partial charge in [0.1, 0.15) is 10.7 Å². The van der Waals surface area contributed by atoms with Crippen LogP contribution in [0.5, 0.6) is 0 Å². The maximum Gasteiger partial charge on any atom is 0.495 e. The van der Waals surface area contributed by atoms with Crippen molar-refractivity contribution in [3.8, 4) is 0 Å². The minimum absolute atomic E-state index is 0.158. The number of benzene rings is 1.